The highest BCUT2D eigenvalue weighted by molar-refractivity contribution is 8.02. The van der Waals surface area contributed by atoms with Crippen molar-refractivity contribution >= 4 is 62.4 Å². The fourth-order valence-electron chi connectivity index (χ4n) is 3.38. The lowest BCUT2D eigenvalue weighted by molar-refractivity contribution is -0.116. The number of thiophene rings is 1. The smallest absolute Gasteiger partial charge is 0.341 e. The second kappa shape index (κ2) is 11.8. The molecule has 1 aliphatic carbocycles. The summed E-state index contributed by atoms with van der Waals surface area (Å²) in [5.41, 5.74) is 1.54. The number of esters is 1. The maximum atomic E-state index is 12.9. The van der Waals surface area contributed by atoms with Crippen LogP contribution in [0, 0.1) is 0 Å². The van der Waals surface area contributed by atoms with Gasteiger partial charge in [0, 0.05) is 11.3 Å². The second-order valence-electron chi connectivity index (χ2n) is 7.41. The van der Waals surface area contributed by atoms with Crippen LogP contribution in [0.4, 0.5) is 10.1 Å². The normalized spacial score (nSPS) is 14.2. The van der Waals surface area contributed by atoms with E-state index in [-0.39, 0.29) is 24.4 Å². The molecule has 2 heterocycles. The number of amides is 2. The molecule has 0 radical (unpaired) electrons. The summed E-state index contributed by atoms with van der Waals surface area (Å²) >= 11 is 3.98. The SMILES string of the molecule is CCCC(=O)Nc1nnc(SC(C)C(=O)Nc2sc3c(c2C(=O)OCC)CCCCC3)s1. The van der Waals surface area contributed by atoms with E-state index in [0.29, 0.717) is 26.5 Å². The number of hydrogen-bond donors (Lipinski definition) is 2. The molecule has 0 saturated carbocycles. The van der Waals surface area contributed by atoms with Crippen molar-refractivity contribution in [3.8, 4) is 0 Å². The van der Waals surface area contributed by atoms with Crippen molar-refractivity contribution in [3.63, 3.8) is 0 Å². The molecule has 8 nitrogen and oxygen atoms in total. The standard InChI is InChI=1S/C21H28N4O4S3/c1-4-9-15(26)22-20-24-25-21(32-20)30-12(3)17(27)23-18-16(19(28)29-5-2)13-10-7-6-8-11-14(13)31-18/h12H,4-11H2,1-3H3,(H,23,27)(H,22,24,26). The van der Waals surface area contributed by atoms with E-state index < -0.39 is 5.25 Å². The number of nitrogens with one attached hydrogen (secondary N) is 2. The molecule has 1 atom stereocenters. The molecule has 0 bridgehead atoms. The molecule has 2 aromatic heterocycles. The Morgan fingerprint density at radius 2 is 1.88 bits per heavy atom. The van der Waals surface area contributed by atoms with Crippen LogP contribution in [0.15, 0.2) is 4.34 Å². The Hall–Kier alpha value is -1.98. The molecular formula is C21H28N4O4S3. The average molecular weight is 497 g/mol. The van der Waals surface area contributed by atoms with Gasteiger partial charge in [0.1, 0.15) is 5.00 Å². The highest BCUT2D eigenvalue weighted by Gasteiger charge is 2.28. The molecule has 1 unspecified atom stereocenters. The molecular weight excluding hydrogens is 468 g/mol. The van der Waals surface area contributed by atoms with E-state index in [1.165, 1.54) is 34.4 Å². The number of aryl methyl sites for hydroxylation is 1. The van der Waals surface area contributed by atoms with E-state index in [1.54, 1.807) is 13.8 Å². The minimum atomic E-state index is -0.459. The molecule has 2 amide bonds. The van der Waals surface area contributed by atoms with Crippen LogP contribution < -0.4 is 10.6 Å². The second-order valence-corrected chi connectivity index (χ2v) is 11.1. The molecule has 174 valence electrons. The zero-order valence-corrected chi connectivity index (χ0v) is 20.9. The topological polar surface area (TPSA) is 110 Å². The van der Waals surface area contributed by atoms with Gasteiger partial charge in [-0.1, -0.05) is 36.4 Å². The highest BCUT2D eigenvalue weighted by atomic mass is 32.2. The van der Waals surface area contributed by atoms with E-state index in [1.807, 2.05) is 6.92 Å². The molecule has 3 rings (SSSR count). The highest BCUT2D eigenvalue weighted by Crippen LogP contribution is 2.38. The first kappa shape index (κ1) is 24.7. The number of carbonyl (C=O) groups excluding carboxylic acids is 3. The number of anilines is 2. The van der Waals surface area contributed by atoms with Gasteiger partial charge in [0.15, 0.2) is 4.34 Å². The Morgan fingerprint density at radius 3 is 2.62 bits per heavy atom. The maximum Gasteiger partial charge on any atom is 0.341 e. The summed E-state index contributed by atoms with van der Waals surface area (Å²) < 4.78 is 5.87. The largest absolute Gasteiger partial charge is 0.462 e. The van der Waals surface area contributed by atoms with Crippen LogP contribution in [0.2, 0.25) is 0 Å². The van der Waals surface area contributed by atoms with Crippen LogP contribution in [-0.4, -0.2) is 39.8 Å². The Kier molecular flexibility index (Phi) is 9.06. The average Bonchev–Trinajstić information content (AvgIpc) is 3.24. The van der Waals surface area contributed by atoms with Gasteiger partial charge in [-0.05, 0) is 51.5 Å². The van der Waals surface area contributed by atoms with E-state index in [9.17, 15) is 14.4 Å². The lowest BCUT2D eigenvalue weighted by atomic mass is 10.1. The minimum Gasteiger partial charge on any atom is -0.462 e. The van der Waals surface area contributed by atoms with Gasteiger partial charge in [0.2, 0.25) is 16.9 Å². The van der Waals surface area contributed by atoms with Gasteiger partial charge in [-0.15, -0.1) is 21.5 Å². The van der Waals surface area contributed by atoms with Crippen molar-refractivity contribution in [1.29, 1.82) is 0 Å². The molecule has 2 aromatic rings. The number of fused-ring (bicyclic) bond motifs is 1. The fraction of sp³-hybridized carbons (Fsp3) is 0.571. The van der Waals surface area contributed by atoms with Crippen LogP contribution in [0.3, 0.4) is 0 Å². The Balaban J connectivity index is 1.69. The Labute approximate surface area is 199 Å². The molecule has 0 aliphatic heterocycles. The lowest BCUT2D eigenvalue weighted by Gasteiger charge is -2.11. The Morgan fingerprint density at radius 1 is 1.09 bits per heavy atom. The van der Waals surface area contributed by atoms with Gasteiger partial charge in [-0.2, -0.15) is 0 Å². The quantitative estimate of drug-likeness (QED) is 0.220. The number of carbonyl (C=O) groups is 3. The monoisotopic (exact) mass is 496 g/mol. The van der Waals surface area contributed by atoms with Gasteiger partial charge < -0.3 is 15.4 Å². The van der Waals surface area contributed by atoms with Crippen molar-refractivity contribution in [3.05, 3.63) is 16.0 Å². The molecule has 11 heteroatoms. The summed E-state index contributed by atoms with van der Waals surface area (Å²) in [6.45, 7) is 5.78. The summed E-state index contributed by atoms with van der Waals surface area (Å²) in [5, 5.41) is 14.2. The summed E-state index contributed by atoms with van der Waals surface area (Å²) in [6, 6.07) is 0. The van der Waals surface area contributed by atoms with Crippen molar-refractivity contribution < 1.29 is 19.1 Å². The van der Waals surface area contributed by atoms with E-state index in [4.69, 9.17) is 4.74 Å². The Bertz CT molecular complexity index is 972. The first-order valence-electron chi connectivity index (χ1n) is 10.8. The number of nitrogens with zero attached hydrogens (tertiary/aromatic N) is 2. The van der Waals surface area contributed by atoms with Crippen LogP contribution in [0.25, 0.3) is 0 Å². The number of rotatable bonds is 9. The zero-order chi connectivity index (χ0) is 23.1. The molecule has 32 heavy (non-hydrogen) atoms. The molecule has 0 fully saturated rings. The van der Waals surface area contributed by atoms with Gasteiger partial charge in [-0.25, -0.2) is 4.79 Å². The van der Waals surface area contributed by atoms with Crippen molar-refractivity contribution in [2.75, 3.05) is 17.2 Å². The first-order chi connectivity index (χ1) is 15.4. The molecule has 0 spiro atoms. The van der Waals surface area contributed by atoms with Crippen molar-refractivity contribution in [2.45, 2.75) is 75.3 Å². The summed E-state index contributed by atoms with van der Waals surface area (Å²) in [4.78, 5) is 38.5. The predicted molar refractivity (Wildman–Crippen MR) is 129 cm³/mol. The third-order valence-corrected chi connectivity index (χ3v) is 8.14. The molecule has 2 N–H and O–H groups in total. The van der Waals surface area contributed by atoms with Gasteiger partial charge in [0.05, 0.1) is 17.4 Å². The minimum absolute atomic E-state index is 0.102. The third kappa shape index (κ3) is 6.29. The van der Waals surface area contributed by atoms with E-state index >= 15 is 0 Å². The van der Waals surface area contributed by atoms with Crippen LogP contribution >= 0.6 is 34.4 Å². The lowest BCUT2D eigenvalue weighted by Crippen LogP contribution is -2.23. The zero-order valence-electron chi connectivity index (χ0n) is 18.5. The molecule has 0 aromatic carbocycles. The van der Waals surface area contributed by atoms with Gasteiger partial charge in [0.25, 0.3) is 0 Å². The summed E-state index contributed by atoms with van der Waals surface area (Å²) in [5.74, 6) is -0.697. The third-order valence-electron chi connectivity index (χ3n) is 4.91. The fourth-order valence-corrected chi connectivity index (χ4v) is 6.58. The molecule has 0 saturated heterocycles. The van der Waals surface area contributed by atoms with Crippen LogP contribution in [-0.2, 0) is 27.2 Å². The van der Waals surface area contributed by atoms with Crippen molar-refractivity contribution in [1.82, 2.24) is 10.2 Å². The number of hydrogen-bond acceptors (Lipinski definition) is 9. The summed E-state index contributed by atoms with van der Waals surface area (Å²) in [7, 11) is 0. The van der Waals surface area contributed by atoms with Crippen molar-refractivity contribution in [2.24, 2.45) is 0 Å². The van der Waals surface area contributed by atoms with Gasteiger partial charge in [-0.3, -0.25) is 9.59 Å². The predicted octanol–water partition coefficient (Wildman–Crippen LogP) is 4.90. The first-order valence-corrected chi connectivity index (χ1v) is 13.4. The van der Waals surface area contributed by atoms with E-state index in [2.05, 4.69) is 20.8 Å². The number of ether oxygens (including phenoxy) is 1. The number of thioether (sulfide) groups is 1. The van der Waals surface area contributed by atoms with Crippen LogP contribution in [0.1, 0.15) is 73.7 Å². The summed E-state index contributed by atoms with van der Waals surface area (Å²) in [6.07, 6.45) is 6.19. The van der Waals surface area contributed by atoms with Gasteiger partial charge >= 0.3 is 5.97 Å². The number of aromatic nitrogens is 2. The maximum absolute atomic E-state index is 12.9. The van der Waals surface area contributed by atoms with E-state index in [0.717, 1.165) is 49.0 Å². The molecule has 1 aliphatic rings. The van der Waals surface area contributed by atoms with Crippen LogP contribution in [0.5, 0.6) is 0 Å².